The van der Waals surface area contributed by atoms with Gasteiger partial charge in [-0.25, -0.2) is 13.1 Å². The van der Waals surface area contributed by atoms with Crippen LogP contribution in [0.4, 0.5) is 0 Å². The van der Waals surface area contributed by atoms with Crippen molar-refractivity contribution in [2.24, 2.45) is 11.7 Å². The number of nitrogens with two attached hydrogens (primary N) is 1. The fraction of sp³-hybridized carbons (Fsp3) is 0.500. The van der Waals surface area contributed by atoms with Crippen molar-refractivity contribution >= 4 is 22.4 Å². The molecule has 0 saturated heterocycles. The highest BCUT2D eigenvalue weighted by molar-refractivity contribution is 7.88. The van der Waals surface area contributed by atoms with Crippen LogP contribution < -0.4 is 10.5 Å². The molecule has 2 unspecified atom stereocenters. The summed E-state index contributed by atoms with van der Waals surface area (Å²) < 4.78 is 27.1. The van der Waals surface area contributed by atoms with Gasteiger partial charge in [0.05, 0.1) is 17.4 Å². The normalized spacial score (nSPS) is 21.5. The highest BCUT2D eigenvalue weighted by atomic mass is 35.5. The predicted octanol–water partition coefficient (Wildman–Crippen LogP) is 1.53. The van der Waals surface area contributed by atoms with Crippen LogP contribution in [-0.2, 0) is 15.8 Å². The average Bonchev–Trinajstić information content (AvgIpc) is 2.84. The first-order chi connectivity index (χ1) is 9.54. The van der Waals surface area contributed by atoms with Gasteiger partial charge in [0.2, 0.25) is 10.0 Å². The molecule has 1 aromatic rings. The largest absolute Gasteiger partial charge is 0.330 e. The topological polar surface area (TPSA) is 96.0 Å². The van der Waals surface area contributed by atoms with E-state index in [9.17, 15) is 8.42 Å². The van der Waals surface area contributed by atoms with Crippen LogP contribution >= 0.6 is 12.4 Å². The quantitative estimate of drug-likeness (QED) is 0.856. The second-order valence-corrected chi connectivity index (χ2v) is 6.98. The van der Waals surface area contributed by atoms with Crippen LogP contribution in [0.3, 0.4) is 0 Å². The number of halogens is 1. The van der Waals surface area contributed by atoms with Gasteiger partial charge in [0, 0.05) is 6.04 Å². The maximum Gasteiger partial charge on any atom is 0.216 e. The highest BCUT2D eigenvalue weighted by Gasteiger charge is 2.29. The molecule has 0 bridgehead atoms. The van der Waals surface area contributed by atoms with Crippen LogP contribution in [-0.4, -0.2) is 21.0 Å². The third-order valence-electron chi connectivity index (χ3n) is 3.71. The summed E-state index contributed by atoms with van der Waals surface area (Å²) in [6.07, 6.45) is 2.84. The highest BCUT2D eigenvalue weighted by Crippen LogP contribution is 2.25. The van der Waals surface area contributed by atoms with E-state index in [1.807, 2.05) is 6.07 Å². The number of sulfonamides is 1. The zero-order valence-electron chi connectivity index (χ0n) is 11.7. The predicted molar refractivity (Wildman–Crippen MR) is 84.3 cm³/mol. The molecule has 0 spiro atoms. The molecular weight excluding hydrogens is 310 g/mol. The molecule has 0 radical (unpaired) electrons. The monoisotopic (exact) mass is 329 g/mol. The van der Waals surface area contributed by atoms with Gasteiger partial charge in [-0.2, -0.15) is 5.26 Å². The Morgan fingerprint density at radius 3 is 2.81 bits per heavy atom. The van der Waals surface area contributed by atoms with E-state index in [1.165, 1.54) is 0 Å². The maximum absolute atomic E-state index is 12.2. The molecule has 2 rings (SSSR count). The van der Waals surface area contributed by atoms with Gasteiger partial charge in [0.25, 0.3) is 0 Å². The summed E-state index contributed by atoms with van der Waals surface area (Å²) in [5.74, 6) is 0.131. The first-order valence-corrected chi connectivity index (χ1v) is 8.38. The Bertz CT molecular complexity index is 613. The van der Waals surface area contributed by atoms with Crippen LogP contribution in [0, 0.1) is 17.2 Å². The Morgan fingerprint density at radius 1 is 1.38 bits per heavy atom. The Morgan fingerprint density at radius 2 is 2.14 bits per heavy atom. The van der Waals surface area contributed by atoms with E-state index in [0.717, 1.165) is 19.3 Å². The van der Waals surface area contributed by atoms with E-state index in [0.29, 0.717) is 17.7 Å². The number of nitriles is 1. The van der Waals surface area contributed by atoms with E-state index in [2.05, 4.69) is 4.72 Å². The molecule has 5 nitrogen and oxygen atoms in total. The summed E-state index contributed by atoms with van der Waals surface area (Å²) in [5, 5.41) is 8.83. The Labute approximate surface area is 132 Å². The Hall–Kier alpha value is -1.13. The second kappa shape index (κ2) is 7.76. The molecule has 1 aromatic carbocycles. The molecule has 7 heteroatoms. The Balaban J connectivity index is 0.00000220. The minimum atomic E-state index is -3.40. The van der Waals surface area contributed by atoms with Gasteiger partial charge in [-0.05, 0) is 43.0 Å². The average molecular weight is 330 g/mol. The molecule has 2 atom stereocenters. The van der Waals surface area contributed by atoms with Gasteiger partial charge in [-0.1, -0.05) is 18.6 Å². The van der Waals surface area contributed by atoms with Gasteiger partial charge in [-0.3, -0.25) is 0 Å². The molecule has 1 aliphatic rings. The standard InChI is InChI=1S/C14H19N3O2S.ClH/c15-8-11-3-1-4-12(7-11)10-20(18,19)17-14-6-2-5-13(14)9-16;/h1,3-4,7,13-14,17H,2,5-6,9-10,16H2;1H. The van der Waals surface area contributed by atoms with E-state index >= 15 is 0 Å². The van der Waals surface area contributed by atoms with Crippen LogP contribution in [0.5, 0.6) is 0 Å². The van der Waals surface area contributed by atoms with Gasteiger partial charge in [0.1, 0.15) is 0 Å². The van der Waals surface area contributed by atoms with Crippen molar-refractivity contribution in [1.29, 1.82) is 5.26 Å². The molecule has 0 aliphatic heterocycles. The fourth-order valence-corrected chi connectivity index (χ4v) is 4.17. The number of benzene rings is 1. The molecule has 0 amide bonds. The smallest absolute Gasteiger partial charge is 0.216 e. The summed E-state index contributed by atoms with van der Waals surface area (Å²) >= 11 is 0. The van der Waals surface area contributed by atoms with E-state index in [1.54, 1.807) is 24.3 Å². The van der Waals surface area contributed by atoms with Gasteiger partial charge < -0.3 is 5.73 Å². The number of rotatable bonds is 5. The van der Waals surface area contributed by atoms with Gasteiger partial charge >= 0.3 is 0 Å². The van der Waals surface area contributed by atoms with E-state index < -0.39 is 10.0 Å². The number of hydrogen-bond acceptors (Lipinski definition) is 4. The zero-order valence-corrected chi connectivity index (χ0v) is 13.3. The summed E-state index contributed by atoms with van der Waals surface area (Å²) in [7, 11) is -3.40. The lowest BCUT2D eigenvalue weighted by Gasteiger charge is -2.19. The zero-order chi connectivity index (χ0) is 14.6. The molecule has 1 saturated carbocycles. The lowest BCUT2D eigenvalue weighted by molar-refractivity contribution is 0.452. The van der Waals surface area contributed by atoms with Crippen molar-refractivity contribution in [3.63, 3.8) is 0 Å². The van der Waals surface area contributed by atoms with Crippen LogP contribution in [0.2, 0.25) is 0 Å². The number of nitrogens with one attached hydrogen (secondary N) is 1. The fourth-order valence-electron chi connectivity index (χ4n) is 2.70. The molecule has 116 valence electrons. The molecular formula is C14H20ClN3O2S. The molecule has 1 aliphatic carbocycles. The van der Waals surface area contributed by atoms with Gasteiger partial charge in [-0.15, -0.1) is 12.4 Å². The molecule has 21 heavy (non-hydrogen) atoms. The summed E-state index contributed by atoms with van der Waals surface area (Å²) in [5.41, 5.74) is 6.76. The molecule has 3 N–H and O–H groups in total. The van der Waals surface area contributed by atoms with Crippen LogP contribution in [0.1, 0.15) is 30.4 Å². The van der Waals surface area contributed by atoms with Crippen LogP contribution in [0.15, 0.2) is 24.3 Å². The van der Waals surface area contributed by atoms with Crippen molar-refractivity contribution in [1.82, 2.24) is 4.72 Å². The minimum absolute atomic E-state index is 0. The molecule has 1 fully saturated rings. The first-order valence-electron chi connectivity index (χ1n) is 6.73. The number of hydrogen-bond donors (Lipinski definition) is 2. The van der Waals surface area contributed by atoms with Crippen LogP contribution in [0.25, 0.3) is 0 Å². The van der Waals surface area contributed by atoms with Crippen molar-refractivity contribution < 1.29 is 8.42 Å². The van der Waals surface area contributed by atoms with Crippen molar-refractivity contribution in [3.8, 4) is 6.07 Å². The van der Waals surface area contributed by atoms with E-state index in [-0.39, 0.29) is 30.1 Å². The summed E-state index contributed by atoms with van der Waals surface area (Å²) in [4.78, 5) is 0. The van der Waals surface area contributed by atoms with Gasteiger partial charge in [0.15, 0.2) is 0 Å². The lowest BCUT2D eigenvalue weighted by atomic mass is 10.1. The third kappa shape index (κ3) is 4.97. The minimum Gasteiger partial charge on any atom is -0.330 e. The summed E-state index contributed by atoms with van der Waals surface area (Å²) in [6.45, 7) is 0.511. The maximum atomic E-state index is 12.2. The SMILES string of the molecule is Cl.N#Cc1cccc(CS(=O)(=O)NC2CCCC2CN)c1. The Kier molecular flexibility index (Phi) is 6.62. The van der Waals surface area contributed by atoms with E-state index in [4.69, 9.17) is 11.0 Å². The van der Waals surface area contributed by atoms with Crippen molar-refractivity contribution in [2.75, 3.05) is 6.54 Å². The third-order valence-corrected chi connectivity index (χ3v) is 5.08. The van der Waals surface area contributed by atoms with Crippen molar-refractivity contribution in [3.05, 3.63) is 35.4 Å². The second-order valence-electron chi connectivity index (χ2n) is 5.22. The first kappa shape index (κ1) is 17.9. The molecule has 0 aromatic heterocycles. The van der Waals surface area contributed by atoms with Crippen molar-refractivity contribution in [2.45, 2.75) is 31.1 Å². The number of nitrogens with zero attached hydrogens (tertiary/aromatic N) is 1. The molecule has 0 heterocycles. The summed E-state index contributed by atoms with van der Waals surface area (Å²) in [6, 6.07) is 8.64. The lowest BCUT2D eigenvalue weighted by Crippen LogP contribution is -2.40.